The number of guanidine groups is 1. The van der Waals surface area contributed by atoms with Crippen LogP contribution >= 0.6 is 24.0 Å². The highest BCUT2D eigenvalue weighted by Gasteiger charge is 2.11. The Morgan fingerprint density at radius 3 is 2.74 bits per heavy atom. The average molecular weight is 432 g/mol. The Labute approximate surface area is 154 Å². The number of phenolic OH excluding ortho intramolecular Hbond substituents is 1. The molecule has 1 saturated heterocycles. The number of nitrogens with one attached hydrogen (secondary N) is 1. The van der Waals surface area contributed by atoms with Gasteiger partial charge in [-0.25, -0.2) is 0 Å². The van der Waals surface area contributed by atoms with Crippen molar-refractivity contribution in [1.29, 1.82) is 0 Å². The van der Waals surface area contributed by atoms with Gasteiger partial charge in [0.05, 0.1) is 0 Å². The molecular weight excluding hydrogens is 407 g/mol. The van der Waals surface area contributed by atoms with Gasteiger partial charge in [-0.1, -0.05) is 6.07 Å². The number of hydrogen-bond acceptors (Lipinski definition) is 3. The monoisotopic (exact) mass is 432 g/mol. The van der Waals surface area contributed by atoms with Gasteiger partial charge < -0.3 is 21.1 Å². The number of nitrogens with two attached hydrogens (primary N) is 1. The number of piperidine rings is 1. The van der Waals surface area contributed by atoms with E-state index in [9.17, 15) is 9.90 Å². The molecule has 7 heteroatoms. The fourth-order valence-corrected chi connectivity index (χ4v) is 2.45. The van der Waals surface area contributed by atoms with Crippen LogP contribution in [0.1, 0.15) is 36.0 Å². The summed E-state index contributed by atoms with van der Waals surface area (Å²) in [5, 5.41) is 12.1. The van der Waals surface area contributed by atoms with Gasteiger partial charge in [-0.15, -0.1) is 24.0 Å². The number of amides is 1. The van der Waals surface area contributed by atoms with Crippen LogP contribution in [0.25, 0.3) is 0 Å². The molecule has 0 aliphatic carbocycles. The lowest BCUT2D eigenvalue weighted by molar-refractivity contribution is 0.0953. The van der Waals surface area contributed by atoms with Crippen molar-refractivity contribution in [3.8, 4) is 5.75 Å². The third kappa shape index (κ3) is 6.64. The topological polar surface area (TPSA) is 90.9 Å². The fraction of sp³-hybridized carbons (Fsp3) is 0.500. The molecule has 2 rings (SSSR count). The SMILES string of the molecule is I.NC(=NCCCNC(=O)c1cccc(O)c1)N1CCCCC1. The van der Waals surface area contributed by atoms with Crippen LogP contribution in [0.2, 0.25) is 0 Å². The summed E-state index contributed by atoms with van der Waals surface area (Å²) in [6, 6.07) is 6.30. The third-order valence-electron chi connectivity index (χ3n) is 3.68. The van der Waals surface area contributed by atoms with Gasteiger partial charge >= 0.3 is 0 Å². The van der Waals surface area contributed by atoms with Crippen LogP contribution in [0, 0.1) is 0 Å². The molecule has 1 fully saturated rings. The van der Waals surface area contributed by atoms with Crippen molar-refractivity contribution >= 4 is 35.8 Å². The predicted octanol–water partition coefficient (Wildman–Crippen LogP) is 1.93. The van der Waals surface area contributed by atoms with Crippen molar-refractivity contribution in [3.63, 3.8) is 0 Å². The zero-order chi connectivity index (χ0) is 15.8. The molecule has 0 unspecified atom stereocenters. The van der Waals surface area contributed by atoms with Gasteiger partial charge in [0.25, 0.3) is 5.91 Å². The van der Waals surface area contributed by atoms with Crippen molar-refractivity contribution in [2.75, 3.05) is 26.2 Å². The summed E-state index contributed by atoms with van der Waals surface area (Å²) in [6.07, 6.45) is 4.36. The second kappa shape index (κ2) is 10.3. The lowest BCUT2D eigenvalue weighted by Crippen LogP contribution is -2.41. The first-order chi connectivity index (χ1) is 10.7. The first kappa shape index (κ1) is 19.5. The Morgan fingerprint density at radius 1 is 1.30 bits per heavy atom. The number of carbonyl (C=O) groups is 1. The number of nitrogens with zero attached hydrogens (tertiary/aromatic N) is 2. The van der Waals surface area contributed by atoms with Crippen LogP contribution < -0.4 is 11.1 Å². The highest BCUT2D eigenvalue weighted by Crippen LogP contribution is 2.10. The second-order valence-electron chi connectivity index (χ2n) is 5.45. The van der Waals surface area contributed by atoms with Crippen molar-refractivity contribution in [2.45, 2.75) is 25.7 Å². The predicted molar refractivity (Wildman–Crippen MR) is 102 cm³/mol. The summed E-state index contributed by atoms with van der Waals surface area (Å²) < 4.78 is 0. The van der Waals surface area contributed by atoms with E-state index >= 15 is 0 Å². The number of carbonyl (C=O) groups excluding carboxylic acids is 1. The maximum absolute atomic E-state index is 11.9. The summed E-state index contributed by atoms with van der Waals surface area (Å²) in [4.78, 5) is 18.3. The summed E-state index contributed by atoms with van der Waals surface area (Å²) in [6.45, 7) is 3.11. The van der Waals surface area contributed by atoms with Crippen molar-refractivity contribution in [3.05, 3.63) is 29.8 Å². The Balaban J connectivity index is 0.00000264. The number of halogens is 1. The van der Waals surface area contributed by atoms with E-state index in [1.807, 2.05) is 0 Å². The van der Waals surface area contributed by atoms with E-state index in [4.69, 9.17) is 5.73 Å². The molecule has 6 nitrogen and oxygen atoms in total. The lowest BCUT2D eigenvalue weighted by Gasteiger charge is -2.27. The van der Waals surface area contributed by atoms with Crippen molar-refractivity contribution in [2.24, 2.45) is 10.7 Å². The minimum absolute atomic E-state index is 0. The van der Waals surface area contributed by atoms with Crippen LogP contribution in [0.5, 0.6) is 5.75 Å². The van der Waals surface area contributed by atoms with E-state index in [2.05, 4.69) is 15.2 Å². The molecule has 1 aliphatic heterocycles. The van der Waals surface area contributed by atoms with E-state index in [1.165, 1.54) is 31.4 Å². The standard InChI is InChI=1S/C16H24N4O2.HI/c17-16(20-10-2-1-3-11-20)19-9-5-8-18-15(22)13-6-4-7-14(21)12-13;/h4,6-7,12,21H,1-3,5,8-11H2,(H2,17,19)(H,18,22);1H. The van der Waals surface area contributed by atoms with E-state index in [0.717, 1.165) is 19.5 Å². The zero-order valence-corrected chi connectivity index (χ0v) is 15.5. The van der Waals surface area contributed by atoms with Gasteiger partial charge in [0.15, 0.2) is 5.96 Å². The van der Waals surface area contributed by atoms with Crippen LogP contribution in [0.4, 0.5) is 0 Å². The van der Waals surface area contributed by atoms with Gasteiger partial charge in [-0.05, 0) is 43.9 Å². The Hall–Kier alpha value is -1.51. The van der Waals surface area contributed by atoms with Gasteiger partial charge in [0, 0.05) is 31.7 Å². The van der Waals surface area contributed by atoms with Gasteiger partial charge in [-0.3, -0.25) is 9.79 Å². The number of benzene rings is 1. The minimum Gasteiger partial charge on any atom is -0.508 e. The highest BCUT2D eigenvalue weighted by molar-refractivity contribution is 14.0. The smallest absolute Gasteiger partial charge is 0.251 e. The third-order valence-corrected chi connectivity index (χ3v) is 3.68. The number of aliphatic imine (C=N–C) groups is 1. The van der Waals surface area contributed by atoms with Crippen LogP contribution in [-0.4, -0.2) is 48.1 Å². The van der Waals surface area contributed by atoms with Gasteiger partial charge in [0.2, 0.25) is 0 Å². The van der Waals surface area contributed by atoms with Crippen LogP contribution in [0.15, 0.2) is 29.3 Å². The molecule has 23 heavy (non-hydrogen) atoms. The van der Waals surface area contributed by atoms with Crippen LogP contribution in [0.3, 0.4) is 0 Å². The van der Waals surface area contributed by atoms with E-state index in [0.29, 0.717) is 24.6 Å². The number of rotatable bonds is 5. The summed E-state index contributed by atoms with van der Waals surface area (Å²) in [5.41, 5.74) is 6.41. The minimum atomic E-state index is -0.191. The first-order valence-corrected chi connectivity index (χ1v) is 7.79. The Bertz CT molecular complexity index is 531. The number of hydrogen-bond donors (Lipinski definition) is 3. The molecule has 128 valence electrons. The molecule has 1 aromatic rings. The molecule has 4 N–H and O–H groups in total. The molecule has 1 aliphatic rings. The van der Waals surface area contributed by atoms with Gasteiger partial charge in [0.1, 0.15) is 5.75 Å². The molecule has 0 bridgehead atoms. The molecule has 0 aromatic heterocycles. The highest BCUT2D eigenvalue weighted by atomic mass is 127. The molecule has 0 spiro atoms. The maximum Gasteiger partial charge on any atom is 0.251 e. The normalized spacial score (nSPS) is 15.0. The van der Waals surface area contributed by atoms with Gasteiger partial charge in [-0.2, -0.15) is 0 Å². The summed E-state index contributed by atoms with van der Waals surface area (Å²) in [5.74, 6) is 0.509. The molecule has 1 amide bonds. The summed E-state index contributed by atoms with van der Waals surface area (Å²) in [7, 11) is 0. The van der Waals surface area contributed by atoms with Crippen molar-refractivity contribution in [1.82, 2.24) is 10.2 Å². The summed E-state index contributed by atoms with van der Waals surface area (Å²) >= 11 is 0. The average Bonchev–Trinajstić information content (AvgIpc) is 2.55. The molecule has 1 heterocycles. The lowest BCUT2D eigenvalue weighted by atomic mass is 10.1. The molecular formula is C16H25IN4O2. The van der Waals surface area contributed by atoms with Crippen molar-refractivity contribution < 1.29 is 9.90 Å². The first-order valence-electron chi connectivity index (χ1n) is 7.79. The largest absolute Gasteiger partial charge is 0.508 e. The van der Waals surface area contributed by atoms with Crippen LogP contribution in [-0.2, 0) is 0 Å². The van der Waals surface area contributed by atoms with E-state index < -0.39 is 0 Å². The molecule has 0 saturated carbocycles. The number of aromatic hydroxyl groups is 1. The Morgan fingerprint density at radius 2 is 2.04 bits per heavy atom. The molecule has 1 aromatic carbocycles. The molecule has 0 atom stereocenters. The number of phenols is 1. The second-order valence-corrected chi connectivity index (χ2v) is 5.45. The fourth-order valence-electron chi connectivity index (χ4n) is 2.45. The zero-order valence-electron chi connectivity index (χ0n) is 13.2. The number of likely N-dealkylation sites (tertiary alicyclic amines) is 1. The Kier molecular flexibility index (Phi) is 8.75. The van der Waals surface area contributed by atoms with E-state index in [1.54, 1.807) is 12.1 Å². The molecule has 0 radical (unpaired) electrons. The van der Waals surface area contributed by atoms with E-state index in [-0.39, 0.29) is 35.6 Å². The maximum atomic E-state index is 11.9. The quantitative estimate of drug-likeness (QED) is 0.287.